The molecule has 21 heavy (non-hydrogen) atoms. The van der Waals surface area contributed by atoms with E-state index in [0.29, 0.717) is 6.54 Å². The number of carbonyl (C=O) groups is 1. The summed E-state index contributed by atoms with van der Waals surface area (Å²) in [5, 5.41) is 0. The van der Waals surface area contributed by atoms with Crippen molar-refractivity contribution in [2.24, 2.45) is 0 Å². The van der Waals surface area contributed by atoms with Crippen LogP contribution in [0.3, 0.4) is 0 Å². The highest BCUT2D eigenvalue weighted by Crippen LogP contribution is 2.17. The fraction of sp³-hybridized carbons (Fsp3) is 0.235. The predicted octanol–water partition coefficient (Wildman–Crippen LogP) is 3.25. The van der Waals surface area contributed by atoms with Gasteiger partial charge in [-0.2, -0.15) is 0 Å². The molecular formula is C17H18FNO2. The number of rotatable bonds is 5. The van der Waals surface area contributed by atoms with Crippen LogP contribution in [0.2, 0.25) is 0 Å². The molecule has 0 spiro atoms. The number of ether oxygens (including phenoxy) is 1. The molecule has 110 valence electrons. The number of amides is 1. The van der Waals surface area contributed by atoms with Gasteiger partial charge >= 0.3 is 0 Å². The molecule has 4 heteroatoms. The molecule has 1 atom stereocenters. The van der Waals surface area contributed by atoms with Gasteiger partial charge in [0.15, 0.2) is 17.7 Å². The second kappa shape index (κ2) is 6.88. The predicted molar refractivity (Wildman–Crippen MR) is 79.4 cm³/mol. The van der Waals surface area contributed by atoms with E-state index in [2.05, 4.69) is 0 Å². The molecule has 0 aliphatic rings. The van der Waals surface area contributed by atoms with Crippen molar-refractivity contribution >= 4 is 5.91 Å². The number of halogens is 1. The zero-order chi connectivity index (χ0) is 15.2. The van der Waals surface area contributed by atoms with Crippen molar-refractivity contribution in [2.45, 2.75) is 19.6 Å². The Morgan fingerprint density at radius 3 is 2.43 bits per heavy atom. The van der Waals surface area contributed by atoms with E-state index in [1.165, 1.54) is 12.1 Å². The largest absolute Gasteiger partial charge is 0.478 e. The van der Waals surface area contributed by atoms with Gasteiger partial charge < -0.3 is 9.64 Å². The van der Waals surface area contributed by atoms with Crippen LogP contribution in [0, 0.1) is 5.82 Å². The van der Waals surface area contributed by atoms with E-state index in [1.54, 1.807) is 31.0 Å². The van der Waals surface area contributed by atoms with E-state index in [1.807, 2.05) is 30.3 Å². The molecule has 2 rings (SSSR count). The Hall–Kier alpha value is -2.36. The smallest absolute Gasteiger partial charge is 0.263 e. The molecule has 0 aliphatic carbocycles. The van der Waals surface area contributed by atoms with Crippen LogP contribution in [0.5, 0.6) is 5.75 Å². The molecule has 0 aromatic heterocycles. The second-order valence-electron chi connectivity index (χ2n) is 4.87. The SMILES string of the molecule is CC(Oc1ccccc1F)C(=O)N(C)Cc1ccccc1. The van der Waals surface area contributed by atoms with Crippen LogP contribution in [0.4, 0.5) is 4.39 Å². The van der Waals surface area contributed by atoms with Gasteiger partial charge in [-0.25, -0.2) is 4.39 Å². The summed E-state index contributed by atoms with van der Waals surface area (Å²) in [6, 6.07) is 15.7. The van der Waals surface area contributed by atoms with E-state index in [9.17, 15) is 9.18 Å². The minimum atomic E-state index is -0.740. The molecule has 0 heterocycles. The Balaban J connectivity index is 1.97. The highest BCUT2D eigenvalue weighted by atomic mass is 19.1. The van der Waals surface area contributed by atoms with Crippen LogP contribution < -0.4 is 4.74 Å². The van der Waals surface area contributed by atoms with Gasteiger partial charge in [-0.05, 0) is 24.6 Å². The third kappa shape index (κ3) is 4.05. The molecule has 0 bridgehead atoms. The van der Waals surface area contributed by atoms with Gasteiger partial charge in [0.1, 0.15) is 0 Å². The van der Waals surface area contributed by atoms with Crippen LogP contribution >= 0.6 is 0 Å². The minimum Gasteiger partial charge on any atom is -0.478 e. The maximum Gasteiger partial charge on any atom is 0.263 e. The number of nitrogens with zero attached hydrogens (tertiary/aromatic N) is 1. The molecule has 0 radical (unpaired) electrons. The average Bonchev–Trinajstić information content (AvgIpc) is 2.49. The van der Waals surface area contributed by atoms with Gasteiger partial charge in [-0.15, -0.1) is 0 Å². The zero-order valence-electron chi connectivity index (χ0n) is 12.1. The van der Waals surface area contributed by atoms with Crippen LogP contribution in [0.25, 0.3) is 0 Å². The van der Waals surface area contributed by atoms with Gasteiger partial charge in [0.05, 0.1) is 0 Å². The fourth-order valence-electron chi connectivity index (χ4n) is 2.03. The van der Waals surface area contributed by atoms with E-state index >= 15 is 0 Å². The van der Waals surface area contributed by atoms with Crippen molar-refractivity contribution in [3.05, 3.63) is 66.0 Å². The lowest BCUT2D eigenvalue weighted by Crippen LogP contribution is -2.37. The van der Waals surface area contributed by atoms with Gasteiger partial charge in [-0.3, -0.25) is 4.79 Å². The Morgan fingerprint density at radius 1 is 1.14 bits per heavy atom. The minimum absolute atomic E-state index is 0.0893. The normalized spacial score (nSPS) is 11.8. The number of carbonyl (C=O) groups excluding carboxylic acids is 1. The highest BCUT2D eigenvalue weighted by Gasteiger charge is 2.20. The fourth-order valence-corrected chi connectivity index (χ4v) is 2.03. The standard InChI is InChI=1S/C17H18FNO2/c1-13(21-16-11-7-6-10-15(16)18)17(20)19(2)12-14-8-4-3-5-9-14/h3-11,13H,12H2,1-2H3. The van der Waals surface area contributed by atoms with Crippen molar-refractivity contribution in [2.75, 3.05) is 7.05 Å². The number of para-hydroxylation sites is 1. The van der Waals surface area contributed by atoms with Crippen molar-refractivity contribution in [1.82, 2.24) is 4.90 Å². The molecule has 0 aliphatic heterocycles. The molecule has 0 saturated heterocycles. The lowest BCUT2D eigenvalue weighted by molar-refractivity contribution is -0.137. The van der Waals surface area contributed by atoms with Gasteiger partial charge in [0.2, 0.25) is 0 Å². The Kier molecular flexibility index (Phi) is 4.93. The molecule has 0 saturated carbocycles. The average molecular weight is 287 g/mol. The summed E-state index contributed by atoms with van der Waals surface area (Å²) >= 11 is 0. The topological polar surface area (TPSA) is 29.5 Å². The third-order valence-electron chi connectivity index (χ3n) is 3.13. The second-order valence-corrected chi connectivity index (χ2v) is 4.87. The molecule has 2 aromatic carbocycles. The summed E-state index contributed by atoms with van der Waals surface area (Å²) in [6.07, 6.45) is -0.740. The first kappa shape index (κ1) is 15.0. The van der Waals surface area contributed by atoms with Crippen LogP contribution in [-0.2, 0) is 11.3 Å². The first-order valence-electron chi connectivity index (χ1n) is 6.78. The van der Waals surface area contributed by atoms with E-state index in [-0.39, 0.29) is 11.7 Å². The summed E-state index contributed by atoms with van der Waals surface area (Å²) in [4.78, 5) is 13.8. The number of benzene rings is 2. The van der Waals surface area contributed by atoms with Crippen LogP contribution in [0.1, 0.15) is 12.5 Å². The summed E-state index contributed by atoms with van der Waals surface area (Å²) in [7, 11) is 1.70. The lowest BCUT2D eigenvalue weighted by Gasteiger charge is -2.22. The molecule has 0 N–H and O–H groups in total. The highest BCUT2D eigenvalue weighted by molar-refractivity contribution is 5.80. The summed E-state index contributed by atoms with van der Waals surface area (Å²) in [5.74, 6) is -0.573. The molecule has 0 fully saturated rings. The molecule has 1 amide bonds. The van der Waals surface area contributed by atoms with Crippen LogP contribution in [0.15, 0.2) is 54.6 Å². The monoisotopic (exact) mass is 287 g/mol. The number of likely N-dealkylation sites (N-methyl/N-ethyl adjacent to an activating group) is 1. The summed E-state index contributed by atoms with van der Waals surface area (Å²) in [6.45, 7) is 2.11. The van der Waals surface area contributed by atoms with Gasteiger partial charge in [0, 0.05) is 13.6 Å². The third-order valence-corrected chi connectivity index (χ3v) is 3.13. The maximum atomic E-state index is 13.5. The Morgan fingerprint density at radius 2 is 1.76 bits per heavy atom. The van der Waals surface area contributed by atoms with Crippen molar-refractivity contribution < 1.29 is 13.9 Å². The summed E-state index contributed by atoms with van der Waals surface area (Å²) in [5.41, 5.74) is 1.03. The quantitative estimate of drug-likeness (QED) is 0.845. The molecule has 1 unspecified atom stereocenters. The molecular weight excluding hydrogens is 269 g/mol. The van der Waals surface area contributed by atoms with Gasteiger partial charge in [-0.1, -0.05) is 42.5 Å². The van der Waals surface area contributed by atoms with Gasteiger partial charge in [0.25, 0.3) is 5.91 Å². The Labute approximate surface area is 124 Å². The van der Waals surface area contributed by atoms with E-state index < -0.39 is 11.9 Å². The van der Waals surface area contributed by atoms with E-state index in [4.69, 9.17) is 4.74 Å². The number of hydrogen-bond donors (Lipinski definition) is 0. The van der Waals surface area contributed by atoms with Crippen LogP contribution in [-0.4, -0.2) is 24.0 Å². The lowest BCUT2D eigenvalue weighted by atomic mass is 10.2. The molecule has 2 aromatic rings. The Bertz CT molecular complexity index is 601. The van der Waals surface area contributed by atoms with Crippen molar-refractivity contribution in [1.29, 1.82) is 0 Å². The summed E-state index contributed by atoms with van der Waals surface area (Å²) < 4.78 is 18.9. The van der Waals surface area contributed by atoms with Crippen molar-refractivity contribution in [3.8, 4) is 5.75 Å². The zero-order valence-corrected chi connectivity index (χ0v) is 12.1. The first-order valence-corrected chi connectivity index (χ1v) is 6.78. The van der Waals surface area contributed by atoms with E-state index in [0.717, 1.165) is 5.56 Å². The molecule has 3 nitrogen and oxygen atoms in total. The maximum absolute atomic E-state index is 13.5. The first-order chi connectivity index (χ1) is 10.1. The number of hydrogen-bond acceptors (Lipinski definition) is 2. The van der Waals surface area contributed by atoms with Crippen molar-refractivity contribution in [3.63, 3.8) is 0 Å².